The van der Waals surface area contributed by atoms with Crippen molar-refractivity contribution in [3.05, 3.63) is 22.9 Å². The molecule has 1 N–H and O–H groups in total. The summed E-state index contributed by atoms with van der Waals surface area (Å²) in [4.78, 5) is 20.3. The number of carboxylic acids is 1. The Morgan fingerprint density at radius 1 is 1.24 bits per heavy atom. The largest absolute Gasteiger partial charge is 0.478 e. The average Bonchev–Trinajstić information content (AvgIpc) is 2.45. The lowest BCUT2D eigenvalue weighted by Crippen LogP contribution is -2.26. The molecular weight excluding hydrogens is 266 g/mol. The van der Waals surface area contributed by atoms with Crippen LogP contribution in [0.25, 0.3) is 0 Å². The van der Waals surface area contributed by atoms with Gasteiger partial charge in [-0.15, -0.1) is 0 Å². The van der Waals surface area contributed by atoms with Gasteiger partial charge in [-0.2, -0.15) is 0 Å². The first-order chi connectivity index (χ1) is 9.99. The van der Waals surface area contributed by atoms with E-state index in [1.807, 2.05) is 32.1 Å². The fourth-order valence-electron chi connectivity index (χ4n) is 2.80. The van der Waals surface area contributed by atoms with Crippen molar-refractivity contribution < 1.29 is 9.90 Å². The van der Waals surface area contributed by atoms with Gasteiger partial charge in [-0.1, -0.05) is 0 Å². The summed E-state index contributed by atoms with van der Waals surface area (Å²) in [5, 5.41) is 9.45. The van der Waals surface area contributed by atoms with Crippen LogP contribution < -0.4 is 4.90 Å². The molecule has 0 bridgehead atoms. The minimum absolute atomic E-state index is 0.336. The highest BCUT2D eigenvalue weighted by atomic mass is 16.4. The van der Waals surface area contributed by atoms with Crippen LogP contribution in [0.5, 0.6) is 0 Å². The molecule has 0 fully saturated rings. The van der Waals surface area contributed by atoms with E-state index in [0.717, 1.165) is 56.5 Å². The fraction of sp³-hybridized carbons (Fsp3) is 0.625. The predicted molar refractivity (Wildman–Crippen MR) is 84.3 cm³/mol. The molecule has 0 saturated heterocycles. The normalized spacial score (nSPS) is 14.1. The molecule has 1 aromatic rings. The smallest absolute Gasteiger partial charge is 0.339 e. The zero-order chi connectivity index (χ0) is 15.4. The molecule has 0 atom stereocenters. The lowest BCUT2D eigenvalue weighted by molar-refractivity contribution is 0.0697. The first kappa shape index (κ1) is 15.8. The van der Waals surface area contributed by atoms with Gasteiger partial charge < -0.3 is 14.9 Å². The van der Waals surface area contributed by atoms with Crippen LogP contribution in [0, 0.1) is 0 Å². The maximum Gasteiger partial charge on any atom is 0.339 e. The SMILES string of the molecule is CN(C)CCCN(C)c1nc2c(cc1C(=O)O)CCCC2. The number of aromatic nitrogens is 1. The van der Waals surface area contributed by atoms with Crippen LogP contribution in [-0.4, -0.2) is 55.2 Å². The zero-order valence-electron chi connectivity index (χ0n) is 13.2. The number of anilines is 1. The predicted octanol–water partition coefficient (Wildman–Crippen LogP) is 2.05. The van der Waals surface area contributed by atoms with Gasteiger partial charge >= 0.3 is 5.97 Å². The van der Waals surface area contributed by atoms with Crippen LogP contribution in [-0.2, 0) is 12.8 Å². The number of carboxylic acid groups (broad SMARTS) is 1. The molecule has 2 rings (SSSR count). The molecule has 1 aromatic heterocycles. The summed E-state index contributed by atoms with van der Waals surface area (Å²) >= 11 is 0. The summed E-state index contributed by atoms with van der Waals surface area (Å²) in [6.07, 6.45) is 5.18. The maximum absolute atomic E-state index is 11.5. The van der Waals surface area contributed by atoms with Crippen molar-refractivity contribution in [3.63, 3.8) is 0 Å². The topological polar surface area (TPSA) is 56.7 Å². The number of hydrogen-bond donors (Lipinski definition) is 1. The number of nitrogens with zero attached hydrogens (tertiary/aromatic N) is 3. The van der Waals surface area contributed by atoms with Crippen LogP contribution >= 0.6 is 0 Å². The van der Waals surface area contributed by atoms with E-state index in [4.69, 9.17) is 0 Å². The Morgan fingerprint density at radius 3 is 2.62 bits per heavy atom. The van der Waals surface area contributed by atoms with Crippen molar-refractivity contribution in [1.82, 2.24) is 9.88 Å². The van der Waals surface area contributed by atoms with Crippen molar-refractivity contribution in [3.8, 4) is 0 Å². The second-order valence-corrected chi connectivity index (χ2v) is 6.06. The van der Waals surface area contributed by atoms with E-state index in [0.29, 0.717) is 11.4 Å². The number of carbonyl (C=O) groups is 1. The molecule has 116 valence electrons. The van der Waals surface area contributed by atoms with Gasteiger partial charge in [-0.3, -0.25) is 0 Å². The summed E-state index contributed by atoms with van der Waals surface area (Å²) in [5.74, 6) is -0.271. The summed E-state index contributed by atoms with van der Waals surface area (Å²) < 4.78 is 0. The zero-order valence-corrected chi connectivity index (χ0v) is 13.2. The Bertz CT molecular complexity index is 514. The van der Waals surface area contributed by atoms with Crippen molar-refractivity contribution in [2.45, 2.75) is 32.1 Å². The maximum atomic E-state index is 11.5. The van der Waals surface area contributed by atoms with Gasteiger partial charge in [0, 0.05) is 19.3 Å². The van der Waals surface area contributed by atoms with Crippen LogP contribution in [0.1, 0.15) is 40.9 Å². The van der Waals surface area contributed by atoms with E-state index in [1.165, 1.54) is 0 Å². The molecule has 0 saturated carbocycles. The molecule has 1 heterocycles. The second kappa shape index (κ2) is 6.89. The molecule has 1 aliphatic carbocycles. The molecule has 0 radical (unpaired) electrons. The summed E-state index contributed by atoms with van der Waals surface area (Å²) in [6, 6.07) is 1.83. The molecule has 0 amide bonds. The summed E-state index contributed by atoms with van der Waals surface area (Å²) in [5.41, 5.74) is 2.54. The van der Waals surface area contributed by atoms with Crippen LogP contribution in [0.3, 0.4) is 0 Å². The fourth-order valence-corrected chi connectivity index (χ4v) is 2.80. The highest BCUT2D eigenvalue weighted by molar-refractivity contribution is 5.93. The van der Waals surface area contributed by atoms with Crippen molar-refractivity contribution in [2.24, 2.45) is 0 Å². The lowest BCUT2D eigenvalue weighted by atomic mass is 9.94. The Labute approximate surface area is 126 Å². The first-order valence-corrected chi connectivity index (χ1v) is 7.61. The third-order valence-electron chi connectivity index (χ3n) is 3.97. The Kier molecular flexibility index (Phi) is 5.17. The molecule has 21 heavy (non-hydrogen) atoms. The Balaban J connectivity index is 2.21. The Hall–Kier alpha value is -1.62. The molecular formula is C16H25N3O2. The van der Waals surface area contributed by atoms with E-state index in [1.54, 1.807) is 0 Å². The van der Waals surface area contributed by atoms with Gasteiger partial charge in [-0.05, 0) is 64.4 Å². The molecule has 1 aliphatic rings. The van der Waals surface area contributed by atoms with E-state index >= 15 is 0 Å². The van der Waals surface area contributed by atoms with Gasteiger partial charge in [0.2, 0.25) is 0 Å². The number of rotatable bonds is 6. The Morgan fingerprint density at radius 2 is 1.95 bits per heavy atom. The molecule has 5 heteroatoms. The number of aryl methyl sites for hydroxylation is 2. The second-order valence-electron chi connectivity index (χ2n) is 6.06. The van der Waals surface area contributed by atoms with E-state index in [2.05, 4.69) is 9.88 Å². The number of aromatic carboxylic acids is 1. The minimum Gasteiger partial charge on any atom is -0.478 e. The summed E-state index contributed by atoms with van der Waals surface area (Å²) in [7, 11) is 6.01. The standard InChI is InChI=1S/C16H25N3O2/c1-18(2)9-6-10-19(3)15-13(16(20)21)11-12-7-4-5-8-14(12)17-15/h11H,4-10H2,1-3H3,(H,20,21). The highest BCUT2D eigenvalue weighted by Gasteiger charge is 2.20. The highest BCUT2D eigenvalue weighted by Crippen LogP contribution is 2.26. The molecule has 0 spiro atoms. The van der Waals surface area contributed by atoms with Gasteiger partial charge in [0.15, 0.2) is 0 Å². The summed E-state index contributed by atoms with van der Waals surface area (Å²) in [6.45, 7) is 1.79. The third kappa shape index (κ3) is 3.94. The van der Waals surface area contributed by atoms with Crippen molar-refractivity contribution in [2.75, 3.05) is 39.1 Å². The minimum atomic E-state index is -0.884. The molecule has 5 nitrogen and oxygen atoms in total. The lowest BCUT2D eigenvalue weighted by Gasteiger charge is -2.24. The van der Waals surface area contributed by atoms with E-state index in [9.17, 15) is 9.90 Å². The average molecular weight is 291 g/mol. The van der Waals surface area contributed by atoms with E-state index < -0.39 is 5.97 Å². The molecule has 0 aromatic carbocycles. The van der Waals surface area contributed by atoms with Gasteiger partial charge in [0.05, 0.1) is 0 Å². The van der Waals surface area contributed by atoms with Crippen LogP contribution in [0.4, 0.5) is 5.82 Å². The number of pyridine rings is 1. The molecule has 0 aliphatic heterocycles. The van der Waals surface area contributed by atoms with Gasteiger partial charge in [-0.25, -0.2) is 9.78 Å². The molecule has 0 unspecified atom stereocenters. The van der Waals surface area contributed by atoms with Gasteiger partial charge in [0.1, 0.15) is 11.4 Å². The van der Waals surface area contributed by atoms with E-state index in [-0.39, 0.29) is 0 Å². The third-order valence-corrected chi connectivity index (χ3v) is 3.97. The van der Waals surface area contributed by atoms with Crippen LogP contribution in [0.2, 0.25) is 0 Å². The van der Waals surface area contributed by atoms with Crippen molar-refractivity contribution in [1.29, 1.82) is 0 Å². The number of fused-ring (bicyclic) bond motifs is 1. The van der Waals surface area contributed by atoms with Gasteiger partial charge in [0.25, 0.3) is 0 Å². The first-order valence-electron chi connectivity index (χ1n) is 7.61. The number of hydrogen-bond acceptors (Lipinski definition) is 4. The van der Waals surface area contributed by atoms with Crippen molar-refractivity contribution >= 4 is 11.8 Å². The van der Waals surface area contributed by atoms with Crippen LogP contribution in [0.15, 0.2) is 6.07 Å². The monoisotopic (exact) mass is 291 g/mol. The quantitative estimate of drug-likeness (QED) is 0.869.